The van der Waals surface area contributed by atoms with E-state index >= 15 is 0 Å². The summed E-state index contributed by atoms with van der Waals surface area (Å²) in [6, 6.07) is 10.4. The van der Waals surface area contributed by atoms with Gasteiger partial charge in [0.1, 0.15) is 12.4 Å². The molecule has 0 fully saturated rings. The lowest BCUT2D eigenvalue weighted by Gasteiger charge is -2.25. The number of hydrogen-bond acceptors (Lipinski definition) is 5. The monoisotopic (exact) mass is 537 g/mol. The van der Waals surface area contributed by atoms with E-state index in [1.807, 2.05) is 20.8 Å². The highest BCUT2D eigenvalue weighted by Crippen LogP contribution is 2.29. The van der Waals surface area contributed by atoms with Gasteiger partial charge in [-0.15, -0.1) is 0 Å². The molecule has 0 saturated carbocycles. The van der Waals surface area contributed by atoms with Crippen LogP contribution < -0.4 is 10.1 Å². The maximum atomic E-state index is 13.9. The second-order valence-electron chi connectivity index (χ2n) is 9.24. The molecule has 2 atom stereocenters. The van der Waals surface area contributed by atoms with Crippen molar-refractivity contribution in [3.63, 3.8) is 0 Å². The number of carboxylic acid groups (broad SMARTS) is 1. The Morgan fingerprint density at radius 1 is 1.17 bits per heavy atom. The average molecular weight is 538 g/mol. The number of benzene rings is 2. The van der Waals surface area contributed by atoms with E-state index in [9.17, 15) is 24.2 Å². The van der Waals surface area contributed by atoms with Crippen molar-refractivity contribution in [1.82, 2.24) is 15.1 Å². The number of carboxylic acids is 1. The summed E-state index contributed by atoms with van der Waals surface area (Å²) in [5.74, 6) is -2.29. The van der Waals surface area contributed by atoms with Gasteiger partial charge in [-0.3, -0.25) is 9.59 Å². The second kappa shape index (κ2) is 11.3. The number of aliphatic carboxylic acids is 1. The lowest BCUT2D eigenvalue weighted by atomic mass is 9.90. The highest BCUT2D eigenvalue weighted by atomic mass is 35.5. The third-order valence-corrected chi connectivity index (χ3v) is 5.94. The smallest absolute Gasteiger partial charge is 0.305 e. The van der Waals surface area contributed by atoms with E-state index in [0.29, 0.717) is 10.6 Å². The Balaban J connectivity index is 1.94. The van der Waals surface area contributed by atoms with Gasteiger partial charge in [0.15, 0.2) is 5.69 Å². The van der Waals surface area contributed by atoms with Crippen molar-refractivity contribution in [1.29, 1.82) is 0 Å². The van der Waals surface area contributed by atoms with Gasteiger partial charge in [-0.05, 0) is 41.3 Å². The van der Waals surface area contributed by atoms with Gasteiger partial charge in [-0.25, -0.2) is 9.07 Å². The molecule has 1 aromatic heterocycles. The second-order valence-corrected chi connectivity index (χ2v) is 10.1. The molecular weight excluding hydrogens is 512 g/mol. The summed E-state index contributed by atoms with van der Waals surface area (Å²) in [6.07, 6.45) is -1.28. The molecule has 0 aliphatic heterocycles. The minimum Gasteiger partial charge on any atom is -0.481 e. The molecule has 2 aromatic carbocycles. The molecule has 0 spiro atoms. The zero-order valence-electron chi connectivity index (χ0n) is 19.8. The third kappa shape index (κ3) is 6.96. The van der Waals surface area contributed by atoms with E-state index in [1.54, 1.807) is 6.07 Å². The van der Waals surface area contributed by atoms with Crippen LogP contribution in [0.4, 0.5) is 4.39 Å². The number of aromatic nitrogens is 2. The first-order chi connectivity index (χ1) is 16.8. The first kappa shape index (κ1) is 27.4. The lowest BCUT2D eigenvalue weighted by Crippen LogP contribution is -2.32. The maximum absolute atomic E-state index is 13.9. The molecule has 0 bridgehead atoms. The molecule has 192 valence electrons. The number of amides is 1. The maximum Gasteiger partial charge on any atom is 0.305 e. The van der Waals surface area contributed by atoms with Gasteiger partial charge in [0, 0.05) is 16.1 Å². The number of rotatable bonds is 9. The van der Waals surface area contributed by atoms with Gasteiger partial charge < -0.3 is 20.3 Å². The van der Waals surface area contributed by atoms with Crippen LogP contribution in [-0.2, 0) is 4.79 Å². The van der Waals surface area contributed by atoms with Crippen LogP contribution >= 0.6 is 23.2 Å². The predicted molar refractivity (Wildman–Crippen MR) is 133 cm³/mol. The van der Waals surface area contributed by atoms with E-state index in [0.717, 1.165) is 0 Å². The predicted octanol–water partition coefficient (Wildman–Crippen LogP) is 5.05. The molecule has 36 heavy (non-hydrogen) atoms. The first-order valence-corrected chi connectivity index (χ1v) is 11.7. The highest BCUT2D eigenvalue weighted by Gasteiger charge is 2.26. The van der Waals surface area contributed by atoms with Gasteiger partial charge in [0.2, 0.25) is 5.88 Å². The average Bonchev–Trinajstić information content (AvgIpc) is 3.20. The Labute approximate surface area is 217 Å². The molecule has 0 aliphatic rings. The van der Waals surface area contributed by atoms with E-state index in [2.05, 4.69) is 10.4 Å². The van der Waals surface area contributed by atoms with Gasteiger partial charge in [0.05, 0.1) is 24.3 Å². The van der Waals surface area contributed by atoms with Crippen LogP contribution in [0.1, 0.15) is 49.3 Å². The molecular formula is C25H26Cl2FN3O5. The number of ether oxygens (including phenoxy) is 1. The topological polar surface area (TPSA) is 114 Å². The van der Waals surface area contributed by atoms with Gasteiger partial charge >= 0.3 is 5.97 Å². The van der Waals surface area contributed by atoms with E-state index in [-0.39, 0.29) is 28.9 Å². The van der Waals surface area contributed by atoms with E-state index in [4.69, 9.17) is 27.9 Å². The van der Waals surface area contributed by atoms with Crippen molar-refractivity contribution in [2.24, 2.45) is 5.41 Å². The van der Waals surface area contributed by atoms with E-state index in [1.165, 1.54) is 47.1 Å². The molecule has 1 heterocycles. The summed E-state index contributed by atoms with van der Waals surface area (Å²) in [4.78, 5) is 24.6. The fraction of sp³-hybridized carbons (Fsp3) is 0.320. The summed E-state index contributed by atoms with van der Waals surface area (Å²) in [5.41, 5.74) is 0.0782. The Morgan fingerprint density at radius 3 is 2.50 bits per heavy atom. The number of aliphatic hydroxyl groups excluding tert-OH is 1. The molecule has 0 radical (unpaired) electrons. The van der Waals surface area contributed by atoms with E-state index < -0.39 is 41.7 Å². The van der Waals surface area contributed by atoms with Crippen molar-refractivity contribution in [2.45, 2.75) is 39.3 Å². The molecule has 0 aliphatic carbocycles. The normalized spacial score (nSPS) is 13.2. The minimum atomic E-state index is -1.16. The first-order valence-electron chi connectivity index (χ1n) is 11.0. The summed E-state index contributed by atoms with van der Waals surface area (Å²) < 4.78 is 20.9. The van der Waals surface area contributed by atoms with Crippen molar-refractivity contribution >= 4 is 35.1 Å². The quantitative estimate of drug-likeness (QED) is 0.352. The molecule has 3 rings (SSSR count). The molecule has 11 heteroatoms. The van der Waals surface area contributed by atoms with Crippen LogP contribution in [0.15, 0.2) is 48.5 Å². The Kier molecular flexibility index (Phi) is 8.60. The van der Waals surface area contributed by atoms with Crippen molar-refractivity contribution < 1.29 is 28.9 Å². The largest absolute Gasteiger partial charge is 0.481 e. The van der Waals surface area contributed by atoms with Gasteiger partial charge in [-0.1, -0.05) is 56.1 Å². The Morgan fingerprint density at radius 2 is 1.89 bits per heavy atom. The summed E-state index contributed by atoms with van der Waals surface area (Å²) in [6.45, 7) is 5.42. The summed E-state index contributed by atoms with van der Waals surface area (Å²) in [7, 11) is 0. The zero-order chi connectivity index (χ0) is 26.6. The molecule has 0 saturated heterocycles. The fourth-order valence-electron chi connectivity index (χ4n) is 3.21. The van der Waals surface area contributed by atoms with Crippen LogP contribution in [0.2, 0.25) is 10.0 Å². The number of aliphatic hydroxyl groups is 1. The van der Waals surface area contributed by atoms with Gasteiger partial charge in [0.25, 0.3) is 5.91 Å². The van der Waals surface area contributed by atoms with Crippen molar-refractivity contribution in [3.8, 4) is 11.6 Å². The lowest BCUT2D eigenvalue weighted by molar-refractivity contribution is -0.137. The standard InChI is InChI=1S/C25H26Cl2FN3O5/c1-25(2,3)21(32)13-36-22-11-20(30-31(22)16-6-4-5-15(28)10-16)24(35)29-19(12-23(33)34)17-8-7-14(26)9-18(17)27/h4-11,19,21,32H,12-13H2,1-3H3,(H,29,35)(H,33,34)/t19-,21+/m0/s1. The number of carbonyl (C=O) groups excluding carboxylic acids is 1. The molecule has 8 nitrogen and oxygen atoms in total. The third-order valence-electron chi connectivity index (χ3n) is 5.37. The van der Waals surface area contributed by atoms with Crippen LogP contribution in [0, 0.1) is 11.2 Å². The number of hydrogen-bond donors (Lipinski definition) is 3. The Hall–Kier alpha value is -3.14. The van der Waals surface area contributed by atoms with Crippen LogP contribution in [0.5, 0.6) is 5.88 Å². The highest BCUT2D eigenvalue weighted by molar-refractivity contribution is 6.35. The summed E-state index contributed by atoms with van der Waals surface area (Å²) in [5, 5.41) is 27.2. The van der Waals surface area contributed by atoms with Crippen LogP contribution in [0.25, 0.3) is 5.69 Å². The van der Waals surface area contributed by atoms with Gasteiger partial charge in [-0.2, -0.15) is 5.10 Å². The fourth-order valence-corrected chi connectivity index (χ4v) is 3.75. The molecule has 3 aromatic rings. The number of carbonyl (C=O) groups is 2. The van der Waals surface area contributed by atoms with Crippen molar-refractivity contribution in [2.75, 3.05) is 6.61 Å². The molecule has 0 unspecified atom stereocenters. The number of nitrogens with zero attached hydrogens (tertiary/aromatic N) is 2. The molecule has 1 amide bonds. The Bertz CT molecular complexity index is 1260. The number of halogens is 3. The molecule has 3 N–H and O–H groups in total. The number of nitrogens with one attached hydrogen (secondary N) is 1. The zero-order valence-corrected chi connectivity index (χ0v) is 21.3. The van der Waals surface area contributed by atoms with Crippen LogP contribution in [-0.4, -0.2) is 44.6 Å². The van der Waals surface area contributed by atoms with Crippen LogP contribution in [0.3, 0.4) is 0 Å². The summed E-state index contributed by atoms with van der Waals surface area (Å²) >= 11 is 12.2. The minimum absolute atomic E-state index is 0.0911. The van der Waals surface area contributed by atoms with Crippen molar-refractivity contribution in [3.05, 3.63) is 75.7 Å². The SMILES string of the molecule is CC(C)(C)[C@H](O)COc1cc(C(=O)N[C@@H](CC(=O)O)c2ccc(Cl)cc2Cl)nn1-c1cccc(F)c1.